The minimum atomic E-state index is -4.73. The molecule has 140 valence electrons. The van der Waals surface area contributed by atoms with Crippen molar-refractivity contribution in [3.63, 3.8) is 0 Å². The topological polar surface area (TPSA) is 101 Å². The summed E-state index contributed by atoms with van der Waals surface area (Å²) >= 11 is 0. The van der Waals surface area contributed by atoms with Gasteiger partial charge in [0, 0.05) is 18.8 Å². The quantitative estimate of drug-likeness (QED) is 0.461. The Bertz CT molecular complexity index is 825. The summed E-state index contributed by atoms with van der Waals surface area (Å²) in [5.74, 6) is -0.488. The van der Waals surface area contributed by atoms with Gasteiger partial charge in [-0.15, -0.1) is 4.98 Å². The van der Waals surface area contributed by atoms with Crippen LogP contribution >= 0.6 is 0 Å². The van der Waals surface area contributed by atoms with Crippen molar-refractivity contribution < 1.29 is 18.2 Å². The average molecular weight is 369 g/mol. The molecule has 0 aliphatic carbocycles. The summed E-state index contributed by atoms with van der Waals surface area (Å²) in [6.07, 6.45) is -4.73. The molecule has 0 saturated heterocycles. The van der Waals surface area contributed by atoms with E-state index in [0.717, 1.165) is 18.8 Å². The Morgan fingerprint density at radius 2 is 1.88 bits per heavy atom. The molecular weight excluding hydrogens is 349 g/mol. The van der Waals surface area contributed by atoms with Crippen LogP contribution in [-0.4, -0.2) is 29.0 Å². The monoisotopic (exact) mass is 369 g/mol. The van der Waals surface area contributed by atoms with E-state index < -0.39 is 23.4 Å². The summed E-state index contributed by atoms with van der Waals surface area (Å²) < 4.78 is 38.1. The lowest BCUT2D eigenvalue weighted by molar-refractivity contribution is -0.366. The largest absolute Gasteiger partial charge is 0.443 e. The van der Waals surface area contributed by atoms with E-state index in [1.807, 2.05) is 26.0 Å². The van der Waals surface area contributed by atoms with E-state index in [0.29, 0.717) is 11.8 Å². The zero-order valence-corrected chi connectivity index (χ0v) is 14.3. The number of halogens is 3. The van der Waals surface area contributed by atoms with E-state index in [4.69, 9.17) is 5.73 Å². The number of H-pyrrole nitrogens is 1. The van der Waals surface area contributed by atoms with Crippen molar-refractivity contribution >= 4 is 23.3 Å². The molecule has 0 atom stereocenters. The third-order valence-corrected chi connectivity index (χ3v) is 3.56. The van der Waals surface area contributed by atoms with Gasteiger partial charge in [0.2, 0.25) is 0 Å². The Kier molecular flexibility index (Phi) is 5.86. The summed E-state index contributed by atoms with van der Waals surface area (Å²) in [5, 5.41) is 2.79. The van der Waals surface area contributed by atoms with Gasteiger partial charge in [0.05, 0.1) is 11.8 Å². The number of aromatic nitrogens is 2. The highest BCUT2D eigenvalue weighted by molar-refractivity contribution is 5.88. The lowest BCUT2D eigenvalue weighted by Gasteiger charge is -2.20. The normalized spacial score (nSPS) is 12.1. The molecule has 0 fully saturated rings. The van der Waals surface area contributed by atoms with Gasteiger partial charge in [-0.3, -0.25) is 10.1 Å². The number of nitrogens with two attached hydrogens (primary N) is 1. The lowest BCUT2D eigenvalue weighted by atomic mass is 10.2. The van der Waals surface area contributed by atoms with Gasteiger partial charge in [-0.05, 0) is 38.1 Å². The number of nitrogens with one attached hydrogen (secondary N) is 3. The number of guanidine groups is 1. The maximum Gasteiger partial charge on any atom is 0.443 e. The minimum absolute atomic E-state index is 0.0805. The van der Waals surface area contributed by atoms with Gasteiger partial charge in [0.15, 0.2) is 5.69 Å². The number of benzene rings is 1. The molecule has 5 N–H and O–H groups in total. The molecule has 1 heterocycles. The second-order valence-electron chi connectivity index (χ2n) is 5.36. The summed E-state index contributed by atoms with van der Waals surface area (Å²) in [7, 11) is 0. The number of hydrogen-bond donors (Lipinski definition) is 4. The van der Waals surface area contributed by atoms with Gasteiger partial charge >= 0.3 is 12.1 Å². The van der Waals surface area contributed by atoms with Gasteiger partial charge in [-0.25, -0.2) is 9.98 Å². The van der Waals surface area contributed by atoms with Gasteiger partial charge in [-0.1, -0.05) is 0 Å². The fourth-order valence-corrected chi connectivity index (χ4v) is 2.32. The molecule has 0 saturated carbocycles. The number of aromatic amines is 1. The van der Waals surface area contributed by atoms with Crippen LogP contribution in [0.2, 0.25) is 0 Å². The van der Waals surface area contributed by atoms with Crippen LogP contribution in [0.15, 0.2) is 35.1 Å². The maximum absolute atomic E-state index is 12.7. The number of rotatable bonds is 5. The van der Waals surface area contributed by atoms with Crippen LogP contribution < -0.4 is 26.5 Å². The van der Waals surface area contributed by atoms with Crippen LogP contribution in [0.4, 0.5) is 30.5 Å². The van der Waals surface area contributed by atoms with E-state index in [1.165, 1.54) is 0 Å². The molecule has 10 heteroatoms. The van der Waals surface area contributed by atoms with Crippen molar-refractivity contribution in [2.75, 3.05) is 23.3 Å². The summed E-state index contributed by atoms with van der Waals surface area (Å²) in [6.45, 7) is 5.84. The molecule has 2 rings (SSSR count). The van der Waals surface area contributed by atoms with Crippen molar-refractivity contribution in [1.82, 2.24) is 9.97 Å². The Labute approximate surface area is 147 Å². The zero-order chi connectivity index (χ0) is 19.3. The maximum atomic E-state index is 12.7. The summed E-state index contributed by atoms with van der Waals surface area (Å²) in [4.78, 5) is 21.4. The molecule has 0 aliphatic heterocycles. The van der Waals surface area contributed by atoms with Gasteiger partial charge < -0.3 is 10.6 Å². The Hall–Kier alpha value is -3.04. The molecule has 0 aliphatic rings. The molecule has 0 amide bonds. The summed E-state index contributed by atoms with van der Waals surface area (Å²) in [5.41, 5.74) is 5.16. The van der Waals surface area contributed by atoms with Crippen LogP contribution in [0.1, 0.15) is 19.5 Å². The molecular formula is C16H20F3N6O+. The Balaban J connectivity index is 2.18. The highest BCUT2D eigenvalue weighted by Crippen LogP contribution is 2.26. The van der Waals surface area contributed by atoms with Crippen molar-refractivity contribution in [3.05, 3.63) is 46.4 Å². The van der Waals surface area contributed by atoms with Gasteiger partial charge in [0.25, 0.3) is 11.5 Å². The van der Waals surface area contributed by atoms with Crippen LogP contribution in [0.3, 0.4) is 0 Å². The molecule has 7 nitrogen and oxygen atoms in total. The highest BCUT2D eigenvalue weighted by atomic mass is 19.4. The van der Waals surface area contributed by atoms with E-state index in [-0.39, 0.29) is 5.96 Å². The lowest BCUT2D eigenvalue weighted by Crippen LogP contribution is -2.73. The predicted octanol–water partition coefficient (Wildman–Crippen LogP) is 0.774. The molecule has 2 aromatic rings. The molecule has 1 aromatic heterocycles. The van der Waals surface area contributed by atoms with Crippen LogP contribution in [0.25, 0.3) is 0 Å². The van der Waals surface area contributed by atoms with Crippen molar-refractivity contribution in [2.45, 2.75) is 20.0 Å². The Morgan fingerprint density at radius 1 is 1.27 bits per heavy atom. The molecule has 0 unspecified atom stereocenters. The molecule has 1 aromatic carbocycles. The first-order valence-electron chi connectivity index (χ1n) is 7.93. The second kappa shape index (κ2) is 7.89. The first-order valence-corrected chi connectivity index (χ1v) is 7.93. The molecule has 0 bridgehead atoms. The van der Waals surface area contributed by atoms with Gasteiger partial charge in [-0.2, -0.15) is 13.2 Å². The molecule has 0 spiro atoms. The fraction of sp³-hybridized carbons (Fsp3) is 0.312. The van der Waals surface area contributed by atoms with E-state index >= 15 is 0 Å². The SMILES string of the molecule is CCN(CC)c1ccc(NC(N)=[NH+]c2nc(C(F)(F)F)cc(=O)[nH]2)cc1. The number of nitrogens with zero attached hydrogens (tertiary/aromatic N) is 2. The van der Waals surface area contributed by atoms with Gasteiger partial charge in [0.1, 0.15) is 0 Å². The third-order valence-electron chi connectivity index (χ3n) is 3.56. The highest BCUT2D eigenvalue weighted by Gasteiger charge is 2.35. The first-order chi connectivity index (χ1) is 12.2. The van der Waals surface area contributed by atoms with E-state index in [9.17, 15) is 18.0 Å². The van der Waals surface area contributed by atoms with Crippen molar-refractivity contribution in [1.29, 1.82) is 0 Å². The molecule has 26 heavy (non-hydrogen) atoms. The molecule has 0 radical (unpaired) electrons. The van der Waals surface area contributed by atoms with E-state index in [2.05, 4.69) is 25.2 Å². The second-order valence-corrected chi connectivity index (χ2v) is 5.36. The standard InChI is InChI=1S/C16H19F3N6O/c1-3-25(4-2)11-7-5-10(6-8-11)21-14(20)24-15-22-12(16(17,18)19)9-13(26)23-15/h5-9H,3-4H2,1-2H3,(H4,20,21,22,23,24,26)/p+1. The fourth-order valence-electron chi connectivity index (χ4n) is 2.32. The number of anilines is 2. The number of hydrogen-bond acceptors (Lipinski definition) is 3. The minimum Gasteiger partial charge on any atom is -0.372 e. The smallest absolute Gasteiger partial charge is 0.372 e. The average Bonchev–Trinajstić information content (AvgIpc) is 2.56. The van der Waals surface area contributed by atoms with Crippen LogP contribution in [-0.2, 0) is 6.18 Å². The first kappa shape index (κ1) is 19.3. The third kappa shape index (κ3) is 4.98. The van der Waals surface area contributed by atoms with Crippen molar-refractivity contribution in [3.8, 4) is 0 Å². The predicted molar refractivity (Wildman–Crippen MR) is 93.3 cm³/mol. The zero-order valence-electron chi connectivity index (χ0n) is 14.3. The summed E-state index contributed by atoms with van der Waals surface area (Å²) in [6, 6.07) is 7.73. The van der Waals surface area contributed by atoms with Crippen LogP contribution in [0, 0.1) is 0 Å². The Morgan fingerprint density at radius 3 is 2.42 bits per heavy atom. The van der Waals surface area contributed by atoms with E-state index in [1.54, 1.807) is 12.1 Å². The van der Waals surface area contributed by atoms with Crippen LogP contribution in [0.5, 0.6) is 0 Å². The number of alkyl halides is 3. The van der Waals surface area contributed by atoms with Crippen molar-refractivity contribution in [2.24, 2.45) is 5.73 Å².